The number of carboxylic acid groups (broad SMARTS) is 1. The van der Waals surface area contributed by atoms with Crippen LogP contribution in [0.25, 0.3) is 0 Å². The van der Waals surface area contributed by atoms with E-state index in [9.17, 15) is 14.4 Å². The largest absolute Gasteiger partial charge is 0.481 e. The summed E-state index contributed by atoms with van der Waals surface area (Å²) < 4.78 is 0. The zero-order chi connectivity index (χ0) is 17.5. The number of carbonyl (C=O) groups is 3. The molecule has 0 unspecified atom stereocenters. The van der Waals surface area contributed by atoms with Gasteiger partial charge in [0.15, 0.2) is 0 Å². The molecule has 1 heterocycles. The summed E-state index contributed by atoms with van der Waals surface area (Å²) in [6.07, 6.45) is 0.475. The number of benzene rings is 1. The van der Waals surface area contributed by atoms with Gasteiger partial charge >= 0.3 is 12.0 Å². The number of piperazine rings is 1. The van der Waals surface area contributed by atoms with E-state index in [4.69, 9.17) is 10.8 Å². The fourth-order valence-corrected chi connectivity index (χ4v) is 2.55. The van der Waals surface area contributed by atoms with E-state index in [0.717, 1.165) is 5.69 Å². The van der Waals surface area contributed by atoms with Crippen LogP contribution in [0.1, 0.15) is 23.2 Å². The third kappa shape index (κ3) is 4.87. The van der Waals surface area contributed by atoms with E-state index >= 15 is 0 Å². The maximum Gasteiger partial charge on any atom is 0.317 e. The first-order valence-electron chi connectivity index (χ1n) is 7.87. The van der Waals surface area contributed by atoms with E-state index in [1.54, 1.807) is 17.0 Å². The van der Waals surface area contributed by atoms with Crippen molar-refractivity contribution in [2.45, 2.75) is 12.8 Å². The van der Waals surface area contributed by atoms with Crippen LogP contribution in [0, 0.1) is 0 Å². The van der Waals surface area contributed by atoms with Crippen molar-refractivity contribution in [2.24, 2.45) is 5.73 Å². The Labute approximate surface area is 140 Å². The van der Waals surface area contributed by atoms with Crippen LogP contribution in [-0.4, -0.2) is 60.6 Å². The first kappa shape index (κ1) is 17.6. The Morgan fingerprint density at radius 1 is 1.08 bits per heavy atom. The van der Waals surface area contributed by atoms with Crippen LogP contribution in [0.3, 0.4) is 0 Å². The molecule has 8 nitrogen and oxygen atoms in total. The zero-order valence-corrected chi connectivity index (χ0v) is 13.4. The lowest BCUT2D eigenvalue weighted by Gasteiger charge is -2.36. The average molecular weight is 334 g/mol. The van der Waals surface area contributed by atoms with E-state index in [1.165, 1.54) is 0 Å². The number of primary amides is 1. The molecule has 4 N–H and O–H groups in total. The maximum atomic E-state index is 12.0. The molecule has 1 fully saturated rings. The molecular weight excluding hydrogens is 312 g/mol. The SMILES string of the molecule is NC(=O)c1ccc(N2CCN(C(=O)NCCCC(=O)O)CC2)cc1. The van der Waals surface area contributed by atoms with Gasteiger partial charge in [0.05, 0.1) is 0 Å². The second-order valence-corrected chi connectivity index (χ2v) is 5.61. The van der Waals surface area contributed by atoms with Crippen LogP contribution in [0.2, 0.25) is 0 Å². The lowest BCUT2D eigenvalue weighted by Crippen LogP contribution is -2.52. The molecule has 0 bridgehead atoms. The number of hydrogen-bond acceptors (Lipinski definition) is 4. The minimum absolute atomic E-state index is 0.0509. The summed E-state index contributed by atoms with van der Waals surface area (Å²) in [5.41, 5.74) is 6.68. The second kappa shape index (κ2) is 8.19. The van der Waals surface area contributed by atoms with E-state index in [0.29, 0.717) is 44.7 Å². The second-order valence-electron chi connectivity index (χ2n) is 5.61. The number of anilines is 1. The summed E-state index contributed by atoms with van der Waals surface area (Å²) in [5.74, 6) is -1.31. The van der Waals surface area contributed by atoms with Crippen LogP contribution in [0.5, 0.6) is 0 Å². The van der Waals surface area contributed by atoms with Crippen molar-refractivity contribution in [3.05, 3.63) is 29.8 Å². The molecule has 130 valence electrons. The summed E-state index contributed by atoms with van der Waals surface area (Å²) in [4.78, 5) is 37.4. The zero-order valence-electron chi connectivity index (χ0n) is 13.4. The predicted octanol–water partition coefficient (Wildman–Crippen LogP) is 0.482. The summed E-state index contributed by atoms with van der Waals surface area (Å²) in [5, 5.41) is 11.3. The molecule has 0 saturated carbocycles. The van der Waals surface area contributed by atoms with E-state index in [-0.39, 0.29) is 12.5 Å². The minimum Gasteiger partial charge on any atom is -0.481 e. The standard InChI is InChI=1S/C16H22N4O4/c17-15(23)12-3-5-13(6-4-12)19-8-10-20(11-9-19)16(24)18-7-1-2-14(21)22/h3-6H,1-2,7-11H2,(H2,17,23)(H,18,24)(H,21,22). The van der Waals surface area contributed by atoms with E-state index in [1.807, 2.05) is 12.1 Å². The molecule has 0 aromatic heterocycles. The molecule has 1 aromatic carbocycles. The van der Waals surface area contributed by atoms with Gasteiger partial charge in [0, 0.05) is 50.4 Å². The highest BCUT2D eigenvalue weighted by Gasteiger charge is 2.21. The Hall–Kier alpha value is -2.77. The van der Waals surface area contributed by atoms with E-state index < -0.39 is 11.9 Å². The molecule has 2 rings (SSSR count). The normalized spacial score (nSPS) is 14.3. The summed E-state index contributed by atoms with van der Waals surface area (Å²) in [6, 6.07) is 6.92. The number of nitrogens with one attached hydrogen (secondary N) is 1. The van der Waals surface area contributed by atoms with Gasteiger partial charge in [-0.25, -0.2) is 4.79 Å². The smallest absolute Gasteiger partial charge is 0.317 e. The number of amides is 3. The molecule has 0 radical (unpaired) electrons. The average Bonchev–Trinajstić information content (AvgIpc) is 2.58. The number of aliphatic carboxylic acids is 1. The minimum atomic E-state index is -0.861. The van der Waals surface area contributed by atoms with Crippen molar-refractivity contribution in [3.8, 4) is 0 Å². The van der Waals surface area contributed by atoms with Crippen molar-refractivity contribution >= 4 is 23.6 Å². The highest BCUT2D eigenvalue weighted by atomic mass is 16.4. The Morgan fingerprint density at radius 2 is 1.71 bits per heavy atom. The molecule has 1 aliphatic rings. The molecule has 0 atom stereocenters. The van der Waals surface area contributed by atoms with Gasteiger partial charge < -0.3 is 26.0 Å². The third-order valence-corrected chi connectivity index (χ3v) is 3.93. The molecule has 0 spiro atoms. The Kier molecular flexibility index (Phi) is 6.00. The number of urea groups is 1. The Balaban J connectivity index is 1.77. The van der Waals surface area contributed by atoms with Gasteiger partial charge in [0.2, 0.25) is 5.91 Å². The van der Waals surface area contributed by atoms with Crippen LogP contribution in [0.15, 0.2) is 24.3 Å². The van der Waals surface area contributed by atoms with Crippen molar-refractivity contribution in [1.82, 2.24) is 10.2 Å². The van der Waals surface area contributed by atoms with E-state index in [2.05, 4.69) is 10.2 Å². The van der Waals surface area contributed by atoms with Crippen LogP contribution in [-0.2, 0) is 4.79 Å². The van der Waals surface area contributed by atoms with Crippen molar-refractivity contribution in [1.29, 1.82) is 0 Å². The van der Waals surface area contributed by atoms with Crippen molar-refractivity contribution in [2.75, 3.05) is 37.6 Å². The fraction of sp³-hybridized carbons (Fsp3) is 0.438. The molecule has 24 heavy (non-hydrogen) atoms. The molecule has 0 aliphatic carbocycles. The monoisotopic (exact) mass is 334 g/mol. The Bertz CT molecular complexity index is 595. The van der Waals surface area contributed by atoms with Crippen molar-refractivity contribution < 1.29 is 19.5 Å². The molecular formula is C16H22N4O4. The highest BCUT2D eigenvalue weighted by Crippen LogP contribution is 2.17. The third-order valence-electron chi connectivity index (χ3n) is 3.93. The molecule has 3 amide bonds. The number of carboxylic acids is 1. The van der Waals surface area contributed by atoms with Gasteiger partial charge in [0.25, 0.3) is 0 Å². The predicted molar refractivity (Wildman–Crippen MR) is 89.0 cm³/mol. The van der Waals surface area contributed by atoms with Crippen molar-refractivity contribution in [3.63, 3.8) is 0 Å². The number of nitrogens with zero attached hydrogens (tertiary/aromatic N) is 2. The van der Waals surface area contributed by atoms with Gasteiger partial charge in [-0.2, -0.15) is 0 Å². The molecule has 1 aliphatic heterocycles. The van der Waals surface area contributed by atoms with Crippen LogP contribution in [0.4, 0.5) is 10.5 Å². The molecule has 1 saturated heterocycles. The van der Waals surface area contributed by atoms with Crippen LogP contribution < -0.4 is 16.0 Å². The lowest BCUT2D eigenvalue weighted by atomic mass is 10.1. The maximum absolute atomic E-state index is 12.0. The van der Waals surface area contributed by atoms with Gasteiger partial charge in [-0.3, -0.25) is 9.59 Å². The van der Waals surface area contributed by atoms with Crippen LogP contribution >= 0.6 is 0 Å². The summed E-state index contributed by atoms with van der Waals surface area (Å²) in [6.45, 7) is 2.92. The number of rotatable bonds is 6. The first-order valence-corrected chi connectivity index (χ1v) is 7.87. The van der Waals surface area contributed by atoms with Gasteiger partial charge in [0.1, 0.15) is 0 Å². The molecule has 1 aromatic rings. The number of hydrogen-bond donors (Lipinski definition) is 3. The number of nitrogens with two attached hydrogens (primary N) is 1. The fourth-order valence-electron chi connectivity index (χ4n) is 2.55. The van der Waals surface area contributed by atoms with Gasteiger partial charge in [-0.05, 0) is 30.7 Å². The quantitative estimate of drug-likeness (QED) is 0.655. The van der Waals surface area contributed by atoms with Gasteiger partial charge in [-0.15, -0.1) is 0 Å². The highest BCUT2D eigenvalue weighted by molar-refractivity contribution is 5.93. The first-order chi connectivity index (χ1) is 11.5. The molecule has 8 heteroatoms. The topological polar surface area (TPSA) is 116 Å². The summed E-state index contributed by atoms with van der Waals surface area (Å²) in [7, 11) is 0. The van der Waals surface area contributed by atoms with Gasteiger partial charge in [-0.1, -0.05) is 0 Å². The Morgan fingerprint density at radius 3 is 2.25 bits per heavy atom. The summed E-state index contributed by atoms with van der Waals surface area (Å²) >= 11 is 0. The number of carbonyl (C=O) groups excluding carboxylic acids is 2. The lowest BCUT2D eigenvalue weighted by molar-refractivity contribution is -0.137.